The number of amides is 1. The number of nitrogens with two attached hydrogens (primary N) is 1. The molecule has 2 aromatic carbocycles. The quantitative estimate of drug-likeness (QED) is 0.257. The molecule has 13 heteroatoms. The molecule has 2 fully saturated rings. The van der Waals surface area contributed by atoms with Crippen LogP contribution in [0, 0.1) is 0 Å². The van der Waals surface area contributed by atoms with E-state index in [2.05, 4.69) is 32.2 Å². The highest BCUT2D eigenvalue weighted by atomic mass is 32.2. The summed E-state index contributed by atoms with van der Waals surface area (Å²) in [4.78, 5) is 29.0. The van der Waals surface area contributed by atoms with Gasteiger partial charge in [-0.25, -0.2) is 4.72 Å². The minimum absolute atomic E-state index is 0.0437. The number of nitrogens with zero attached hydrogens (tertiary/aromatic N) is 4. The zero-order valence-corrected chi connectivity index (χ0v) is 29.6. The Kier molecular flexibility index (Phi) is 11.2. The highest BCUT2D eigenvalue weighted by Crippen LogP contribution is 2.49. The first-order valence-corrected chi connectivity index (χ1v) is 19.1. The zero-order chi connectivity index (χ0) is 34.5. The number of benzene rings is 2. The Hall–Kier alpha value is -3.49. The van der Waals surface area contributed by atoms with Crippen LogP contribution in [0.2, 0.25) is 0 Å². The molecule has 6 rings (SSSR count). The highest BCUT2D eigenvalue weighted by molar-refractivity contribution is 7.87. The second kappa shape index (κ2) is 15.6. The van der Waals surface area contributed by atoms with Crippen molar-refractivity contribution in [3.05, 3.63) is 47.5 Å². The van der Waals surface area contributed by atoms with Crippen LogP contribution in [0.5, 0.6) is 11.5 Å². The lowest BCUT2D eigenvalue weighted by atomic mass is 9.81. The fraction of sp³-hybridized carbons (Fsp3) is 0.556. The number of fused-ring (bicyclic) bond motifs is 5. The fourth-order valence-corrected chi connectivity index (χ4v) is 8.38. The third-order valence-electron chi connectivity index (χ3n) is 10.4. The number of carbonyl (C=O) groups is 2. The van der Waals surface area contributed by atoms with Crippen LogP contribution in [0.4, 0.5) is 0 Å². The van der Waals surface area contributed by atoms with E-state index >= 15 is 0 Å². The van der Waals surface area contributed by atoms with Gasteiger partial charge in [0.2, 0.25) is 0 Å². The van der Waals surface area contributed by atoms with Crippen molar-refractivity contribution in [2.24, 2.45) is 5.73 Å². The molecule has 2 aliphatic heterocycles. The third kappa shape index (κ3) is 7.65. The number of ether oxygens (including phenoxy) is 2. The molecule has 1 saturated carbocycles. The van der Waals surface area contributed by atoms with Gasteiger partial charge in [-0.2, -0.15) is 12.7 Å². The third-order valence-corrected chi connectivity index (χ3v) is 11.8. The Bertz CT molecular complexity index is 1750. The van der Waals surface area contributed by atoms with Gasteiger partial charge >= 0.3 is 10.2 Å². The van der Waals surface area contributed by atoms with Gasteiger partial charge < -0.3 is 24.6 Å². The predicted octanol–water partition coefficient (Wildman–Crippen LogP) is 3.59. The number of likely N-dealkylation sites (N-methyl/N-ethyl adjacent to an activating group) is 2. The number of aromatic nitrogens is 1. The zero-order valence-electron chi connectivity index (χ0n) is 28.7. The molecule has 0 radical (unpaired) electrons. The Labute approximate surface area is 289 Å². The molecule has 1 amide bonds. The first-order valence-electron chi connectivity index (χ1n) is 17.6. The fourth-order valence-electron chi connectivity index (χ4n) is 7.61. The van der Waals surface area contributed by atoms with Gasteiger partial charge in [0.15, 0.2) is 11.5 Å². The Morgan fingerprint density at radius 2 is 1.88 bits per heavy atom. The first kappa shape index (κ1) is 35.3. The van der Waals surface area contributed by atoms with Crippen molar-refractivity contribution >= 4 is 33.3 Å². The van der Waals surface area contributed by atoms with E-state index < -0.39 is 16.1 Å². The molecule has 3 heterocycles. The lowest BCUT2D eigenvalue weighted by molar-refractivity contribution is -0.107. The summed E-state index contributed by atoms with van der Waals surface area (Å²) in [5.74, 6) is 0.999. The van der Waals surface area contributed by atoms with Crippen LogP contribution in [0.25, 0.3) is 22.2 Å². The molecular weight excluding hydrogens is 644 g/mol. The molecular formula is C36H50N6O6S. The van der Waals surface area contributed by atoms with Crippen LogP contribution in [0.15, 0.2) is 36.4 Å². The summed E-state index contributed by atoms with van der Waals surface area (Å²) in [6, 6.07) is 11.5. The van der Waals surface area contributed by atoms with Gasteiger partial charge in [0.1, 0.15) is 19.5 Å². The van der Waals surface area contributed by atoms with E-state index in [4.69, 9.17) is 15.2 Å². The van der Waals surface area contributed by atoms with Gasteiger partial charge in [-0.15, -0.1) is 0 Å². The average Bonchev–Trinajstić information content (AvgIpc) is 3.72. The summed E-state index contributed by atoms with van der Waals surface area (Å²) in [6.45, 7) is 5.46. The second-order valence-electron chi connectivity index (χ2n) is 13.6. The molecule has 1 aliphatic carbocycles. The molecule has 0 spiro atoms. The van der Waals surface area contributed by atoms with E-state index in [1.165, 1.54) is 31.9 Å². The molecule has 3 aliphatic rings. The van der Waals surface area contributed by atoms with Crippen LogP contribution in [-0.4, -0.2) is 112 Å². The van der Waals surface area contributed by atoms with Crippen molar-refractivity contribution in [1.29, 1.82) is 0 Å². The summed E-state index contributed by atoms with van der Waals surface area (Å²) in [7, 11) is -0.902. The van der Waals surface area contributed by atoms with Crippen LogP contribution < -0.4 is 19.9 Å². The molecule has 49 heavy (non-hydrogen) atoms. The van der Waals surface area contributed by atoms with Crippen LogP contribution in [0.3, 0.4) is 0 Å². The highest BCUT2D eigenvalue weighted by Gasteiger charge is 2.33. The molecule has 0 unspecified atom stereocenters. The maximum Gasteiger partial charge on any atom is 0.304 e. The van der Waals surface area contributed by atoms with E-state index in [9.17, 15) is 18.0 Å². The number of hydrogen-bond donors (Lipinski definition) is 2. The molecule has 3 aromatic rings. The Morgan fingerprint density at radius 1 is 1.10 bits per heavy atom. The number of likely N-dealkylation sites (tertiary alicyclic amines) is 1. The molecule has 12 nitrogen and oxygen atoms in total. The number of aldehydes is 1. The van der Waals surface area contributed by atoms with Crippen molar-refractivity contribution < 1.29 is 27.5 Å². The van der Waals surface area contributed by atoms with Crippen LogP contribution in [0.1, 0.15) is 66.8 Å². The first-order chi connectivity index (χ1) is 23.7. The number of rotatable bonds is 13. The largest absolute Gasteiger partial charge is 0.488 e. The maximum atomic E-state index is 13.4. The maximum absolute atomic E-state index is 13.4. The standard InChI is InChI=1S/C36H50N6O6S/c1-39(18-15-37)28-24-42-31-23-27(36(44)38-49(45,46)40(2)19-21-43)13-14-29(31)33(26-9-4-3-5-10-26)34(42)30-11-8-12-32(35(30)48-25-28)47-22-20-41-16-6-7-17-41/h8,11-14,21,23,26,28H,3-7,9-10,15-20,22,24-25,37H2,1-2H3,(H,38,44)/t28-/m1/s1. The molecule has 3 N–H and O–H groups in total. The summed E-state index contributed by atoms with van der Waals surface area (Å²) in [5.41, 5.74) is 10.3. The van der Waals surface area contributed by atoms with Crippen molar-refractivity contribution in [3.63, 3.8) is 0 Å². The average molecular weight is 695 g/mol. The number of carbonyl (C=O) groups excluding carboxylic acids is 2. The normalized spacial score (nSPS) is 18.9. The SMILES string of the molecule is CN(CCN)[C@H]1COc2c(OCCN3CCCC3)cccc2-c2c(C3CCCCC3)c3ccc(C(=O)NS(=O)(=O)N(C)CC=O)cc3n2C1. The van der Waals surface area contributed by atoms with Gasteiger partial charge in [0.25, 0.3) is 5.91 Å². The number of para-hydroxylation sites is 1. The van der Waals surface area contributed by atoms with Crippen molar-refractivity contribution in [2.75, 3.05) is 66.6 Å². The van der Waals surface area contributed by atoms with E-state index in [-0.39, 0.29) is 18.2 Å². The van der Waals surface area contributed by atoms with Crippen molar-refractivity contribution in [2.45, 2.75) is 63.5 Å². The van der Waals surface area contributed by atoms with E-state index in [0.29, 0.717) is 45.1 Å². The summed E-state index contributed by atoms with van der Waals surface area (Å²) >= 11 is 0. The predicted molar refractivity (Wildman–Crippen MR) is 190 cm³/mol. The van der Waals surface area contributed by atoms with E-state index in [1.54, 1.807) is 12.1 Å². The summed E-state index contributed by atoms with van der Waals surface area (Å²) in [6.07, 6.45) is 8.57. The molecule has 0 bridgehead atoms. The van der Waals surface area contributed by atoms with Gasteiger partial charge in [-0.3, -0.25) is 14.6 Å². The topological polar surface area (TPSA) is 139 Å². The van der Waals surface area contributed by atoms with Crippen molar-refractivity contribution in [3.8, 4) is 22.8 Å². The lowest BCUT2D eigenvalue weighted by Crippen LogP contribution is -2.43. The van der Waals surface area contributed by atoms with Gasteiger partial charge in [-0.05, 0) is 81.6 Å². The molecule has 266 valence electrons. The molecule has 1 atom stereocenters. The number of hydrogen-bond acceptors (Lipinski definition) is 9. The van der Waals surface area contributed by atoms with Crippen molar-refractivity contribution in [1.82, 2.24) is 23.4 Å². The molecule has 1 aromatic heterocycles. The minimum Gasteiger partial charge on any atom is -0.488 e. The summed E-state index contributed by atoms with van der Waals surface area (Å²) in [5, 5.41) is 1.05. The smallest absolute Gasteiger partial charge is 0.304 e. The minimum atomic E-state index is -4.20. The summed E-state index contributed by atoms with van der Waals surface area (Å²) < 4.78 is 44.0. The lowest BCUT2D eigenvalue weighted by Gasteiger charge is -2.33. The Balaban J connectivity index is 1.49. The monoisotopic (exact) mass is 694 g/mol. The number of nitrogens with one attached hydrogen (secondary N) is 1. The van der Waals surface area contributed by atoms with E-state index in [0.717, 1.165) is 83.3 Å². The van der Waals surface area contributed by atoms with Crippen LogP contribution >= 0.6 is 0 Å². The van der Waals surface area contributed by atoms with E-state index in [1.807, 2.05) is 18.2 Å². The van der Waals surface area contributed by atoms with Gasteiger partial charge in [0, 0.05) is 55.3 Å². The second-order valence-corrected chi connectivity index (χ2v) is 15.4. The Morgan fingerprint density at radius 3 is 2.61 bits per heavy atom. The molecule has 1 saturated heterocycles. The van der Waals surface area contributed by atoms with Gasteiger partial charge in [0.05, 0.1) is 18.3 Å². The van der Waals surface area contributed by atoms with Gasteiger partial charge in [-0.1, -0.05) is 31.4 Å². The van der Waals surface area contributed by atoms with Crippen LogP contribution in [-0.2, 0) is 21.5 Å².